The summed E-state index contributed by atoms with van der Waals surface area (Å²) >= 11 is 6.29. The summed E-state index contributed by atoms with van der Waals surface area (Å²) in [6.07, 6.45) is 3.02. The molecule has 2 rings (SSSR count). The second kappa shape index (κ2) is 6.55. The van der Waals surface area contributed by atoms with Gasteiger partial charge in [0.1, 0.15) is 5.82 Å². The van der Waals surface area contributed by atoms with Gasteiger partial charge in [0.05, 0.1) is 5.02 Å². The van der Waals surface area contributed by atoms with Gasteiger partial charge in [-0.3, -0.25) is 4.90 Å². The summed E-state index contributed by atoms with van der Waals surface area (Å²) in [5, 5.41) is 0.708. The summed E-state index contributed by atoms with van der Waals surface area (Å²) in [5.41, 5.74) is 6.57. The van der Waals surface area contributed by atoms with Crippen LogP contribution in [0.25, 0.3) is 0 Å². The highest BCUT2D eigenvalue weighted by atomic mass is 35.5. The normalized spacial score (nSPS) is 18.6. The summed E-state index contributed by atoms with van der Waals surface area (Å²) in [6, 6.07) is 2.58. The Hall–Kier alpha value is -0.840. The first-order valence-corrected chi connectivity index (χ1v) is 7.37. The second-order valence-corrected chi connectivity index (χ2v) is 5.54. The van der Waals surface area contributed by atoms with Gasteiger partial charge >= 0.3 is 0 Å². The number of aromatic nitrogens is 1. The van der Waals surface area contributed by atoms with Gasteiger partial charge in [-0.1, -0.05) is 18.5 Å². The second-order valence-electron chi connectivity index (χ2n) is 5.13. The number of nitrogens with two attached hydrogens (primary N) is 1. The first-order chi connectivity index (χ1) is 9.15. The fourth-order valence-corrected chi connectivity index (χ4v) is 2.76. The molecule has 106 valence electrons. The Labute approximate surface area is 120 Å². The highest BCUT2D eigenvalue weighted by molar-refractivity contribution is 6.33. The van der Waals surface area contributed by atoms with Crippen molar-refractivity contribution < 1.29 is 0 Å². The average Bonchev–Trinajstić information content (AvgIpc) is 2.46. The molecule has 0 aliphatic carbocycles. The van der Waals surface area contributed by atoms with Gasteiger partial charge in [-0.25, -0.2) is 4.98 Å². The zero-order chi connectivity index (χ0) is 13.8. The Bertz CT molecular complexity index is 416. The van der Waals surface area contributed by atoms with E-state index in [9.17, 15) is 0 Å². The maximum Gasteiger partial charge on any atom is 0.147 e. The minimum atomic E-state index is 0.481. The third-order valence-corrected chi connectivity index (χ3v) is 4.22. The third kappa shape index (κ3) is 3.38. The van der Waals surface area contributed by atoms with Gasteiger partial charge in [-0.15, -0.1) is 0 Å². The van der Waals surface area contributed by atoms with Crippen LogP contribution < -0.4 is 10.6 Å². The fourth-order valence-electron chi connectivity index (χ4n) is 2.45. The van der Waals surface area contributed by atoms with Crippen molar-refractivity contribution in [1.82, 2.24) is 9.88 Å². The van der Waals surface area contributed by atoms with Crippen LogP contribution in [0.5, 0.6) is 0 Å². The Morgan fingerprint density at radius 1 is 1.37 bits per heavy atom. The van der Waals surface area contributed by atoms with Crippen LogP contribution in [-0.2, 0) is 6.54 Å². The van der Waals surface area contributed by atoms with Crippen molar-refractivity contribution in [2.75, 3.05) is 31.1 Å². The molecule has 19 heavy (non-hydrogen) atoms. The molecule has 0 radical (unpaired) electrons. The van der Waals surface area contributed by atoms with Crippen molar-refractivity contribution in [1.29, 1.82) is 0 Å². The quantitative estimate of drug-likeness (QED) is 0.919. The molecule has 5 heteroatoms. The first kappa shape index (κ1) is 14.6. The van der Waals surface area contributed by atoms with Gasteiger partial charge in [-0.05, 0) is 25.0 Å². The molecule has 1 fully saturated rings. The molecule has 0 bridgehead atoms. The number of anilines is 1. The standard InChI is InChI=1S/C14H23ClN4/c1-3-11(2)18-4-6-19(7-5-18)14-13(15)8-12(9-16)10-17-14/h8,10-11H,3-7,9,16H2,1-2H3. The Balaban J connectivity index is 2.01. The fraction of sp³-hybridized carbons (Fsp3) is 0.643. The van der Waals surface area contributed by atoms with Crippen LogP contribution in [0.1, 0.15) is 25.8 Å². The molecule has 4 nitrogen and oxygen atoms in total. The molecule has 1 aliphatic rings. The topological polar surface area (TPSA) is 45.4 Å². The van der Waals surface area contributed by atoms with Crippen LogP contribution in [0.3, 0.4) is 0 Å². The predicted octanol–water partition coefficient (Wildman–Crippen LogP) is 2.11. The molecule has 1 aliphatic heterocycles. The van der Waals surface area contributed by atoms with Crippen LogP contribution in [0.4, 0.5) is 5.82 Å². The third-order valence-electron chi connectivity index (χ3n) is 3.94. The molecular weight excluding hydrogens is 260 g/mol. The van der Waals surface area contributed by atoms with Crippen LogP contribution in [0.15, 0.2) is 12.3 Å². The van der Waals surface area contributed by atoms with Gasteiger partial charge in [0, 0.05) is 45.0 Å². The number of hydrogen-bond donors (Lipinski definition) is 1. The monoisotopic (exact) mass is 282 g/mol. The molecule has 1 atom stereocenters. The lowest BCUT2D eigenvalue weighted by molar-refractivity contribution is 0.192. The summed E-state index contributed by atoms with van der Waals surface area (Å²) in [4.78, 5) is 9.25. The molecule has 1 aromatic rings. The van der Waals surface area contributed by atoms with Crippen molar-refractivity contribution >= 4 is 17.4 Å². The van der Waals surface area contributed by atoms with Crippen molar-refractivity contribution in [3.05, 3.63) is 22.8 Å². The van der Waals surface area contributed by atoms with E-state index >= 15 is 0 Å². The Morgan fingerprint density at radius 3 is 2.58 bits per heavy atom. The van der Waals surface area contributed by atoms with Gasteiger partial charge in [0.25, 0.3) is 0 Å². The number of piperazine rings is 1. The lowest BCUT2D eigenvalue weighted by Gasteiger charge is -2.38. The van der Waals surface area contributed by atoms with Crippen LogP contribution >= 0.6 is 11.6 Å². The Morgan fingerprint density at radius 2 is 2.05 bits per heavy atom. The highest BCUT2D eigenvalue weighted by Gasteiger charge is 2.22. The van der Waals surface area contributed by atoms with E-state index in [0.29, 0.717) is 17.6 Å². The summed E-state index contributed by atoms with van der Waals surface area (Å²) in [6.45, 7) is 9.13. The molecule has 0 amide bonds. The minimum Gasteiger partial charge on any atom is -0.353 e. The molecule has 0 aromatic carbocycles. The van der Waals surface area contributed by atoms with Gasteiger partial charge < -0.3 is 10.6 Å². The van der Waals surface area contributed by atoms with E-state index in [-0.39, 0.29) is 0 Å². The molecule has 2 N–H and O–H groups in total. The van der Waals surface area contributed by atoms with Crippen LogP contribution in [0.2, 0.25) is 5.02 Å². The molecule has 1 unspecified atom stereocenters. The van der Waals surface area contributed by atoms with E-state index in [1.54, 1.807) is 0 Å². The lowest BCUT2D eigenvalue weighted by Crippen LogP contribution is -2.49. The van der Waals surface area contributed by atoms with Gasteiger partial charge in [0.15, 0.2) is 0 Å². The van der Waals surface area contributed by atoms with Crippen molar-refractivity contribution in [3.63, 3.8) is 0 Å². The molecule has 0 spiro atoms. The molecule has 1 saturated heterocycles. The summed E-state index contributed by atoms with van der Waals surface area (Å²) in [5.74, 6) is 0.891. The number of nitrogens with zero attached hydrogens (tertiary/aromatic N) is 3. The van der Waals surface area contributed by atoms with Gasteiger partial charge in [-0.2, -0.15) is 0 Å². The van der Waals surface area contributed by atoms with E-state index in [1.807, 2.05) is 12.3 Å². The van der Waals surface area contributed by atoms with Crippen molar-refractivity contribution in [2.24, 2.45) is 5.73 Å². The predicted molar refractivity (Wildman–Crippen MR) is 80.7 cm³/mol. The maximum absolute atomic E-state index is 6.29. The SMILES string of the molecule is CCC(C)N1CCN(c2ncc(CN)cc2Cl)CC1. The van der Waals surface area contributed by atoms with E-state index < -0.39 is 0 Å². The first-order valence-electron chi connectivity index (χ1n) is 6.99. The number of pyridine rings is 1. The van der Waals surface area contributed by atoms with E-state index in [0.717, 1.165) is 37.6 Å². The van der Waals surface area contributed by atoms with Crippen LogP contribution in [0, 0.1) is 0 Å². The number of hydrogen-bond acceptors (Lipinski definition) is 4. The molecule has 1 aromatic heterocycles. The zero-order valence-corrected chi connectivity index (χ0v) is 12.5. The minimum absolute atomic E-state index is 0.481. The zero-order valence-electron chi connectivity index (χ0n) is 11.8. The van der Waals surface area contributed by atoms with Gasteiger partial charge in [0.2, 0.25) is 0 Å². The van der Waals surface area contributed by atoms with Crippen LogP contribution in [-0.4, -0.2) is 42.1 Å². The maximum atomic E-state index is 6.29. The number of halogens is 1. The smallest absolute Gasteiger partial charge is 0.147 e. The van der Waals surface area contributed by atoms with E-state index in [1.165, 1.54) is 6.42 Å². The lowest BCUT2D eigenvalue weighted by atomic mass is 10.2. The average molecular weight is 283 g/mol. The highest BCUT2D eigenvalue weighted by Crippen LogP contribution is 2.25. The van der Waals surface area contributed by atoms with Crippen molar-refractivity contribution in [3.8, 4) is 0 Å². The number of rotatable bonds is 4. The summed E-state index contributed by atoms with van der Waals surface area (Å²) in [7, 11) is 0. The Kier molecular flexibility index (Phi) is 5.02. The van der Waals surface area contributed by atoms with E-state index in [4.69, 9.17) is 17.3 Å². The van der Waals surface area contributed by atoms with Crippen molar-refractivity contribution in [2.45, 2.75) is 32.9 Å². The molecular formula is C14H23ClN4. The van der Waals surface area contributed by atoms with E-state index in [2.05, 4.69) is 28.6 Å². The molecule has 2 heterocycles. The largest absolute Gasteiger partial charge is 0.353 e. The molecule has 0 saturated carbocycles. The summed E-state index contributed by atoms with van der Waals surface area (Å²) < 4.78 is 0.